The number of carbonyl (C=O) groups is 2. The molecule has 0 aromatic heterocycles. The van der Waals surface area contributed by atoms with E-state index >= 15 is 0 Å². The lowest BCUT2D eigenvalue weighted by atomic mass is 10.2. The highest BCUT2D eigenvalue weighted by Gasteiger charge is 2.20. The Bertz CT molecular complexity index is 500. The second kappa shape index (κ2) is 6.79. The van der Waals surface area contributed by atoms with Crippen LogP contribution in [0.2, 0.25) is 0 Å². The number of esters is 1. The molecule has 0 spiro atoms. The molecular weight excluding hydrogens is 260 g/mol. The Morgan fingerprint density at radius 1 is 1.25 bits per heavy atom. The Morgan fingerprint density at radius 3 is 2.45 bits per heavy atom. The third kappa shape index (κ3) is 4.15. The highest BCUT2D eigenvalue weighted by atomic mass is 16.5. The van der Waals surface area contributed by atoms with Gasteiger partial charge in [0.05, 0.1) is 18.4 Å². The Morgan fingerprint density at radius 2 is 1.90 bits per heavy atom. The second-order valence-corrected chi connectivity index (χ2v) is 4.67. The van der Waals surface area contributed by atoms with E-state index in [9.17, 15) is 9.59 Å². The number of hydrogen-bond donors (Lipinski definition) is 2. The zero-order valence-corrected chi connectivity index (χ0v) is 12.1. The number of rotatable bonds is 5. The van der Waals surface area contributed by atoms with Crippen molar-refractivity contribution in [2.75, 3.05) is 12.8 Å². The minimum absolute atomic E-state index is 0.0136. The molecule has 6 heteroatoms. The number of methoxy groups -OCH3 is 1. The van der Waals surface area contributed by atoms with Crippen LogP contribution in [0, 0.1) is 0 Å². The average molecular weight is 280 g/mol. The van der Waals surface area contributed by atoms with E-state index in [1.165, 1.54) is 26.2 Å². The van der Waals surface area contributed by atoms with Crippen LogP contribution in [-0.4, -0.2) is 31.1 Å². The molecule has 20 heavy (non-hydrogen) atoms. The van der Waals surface area contributed by atoms with Crippen LogP contribution in [0.5, 0.6) is 5.75 Å². The summed E-state index contributed by atoms with van der Waals surface area (Å²) in [6.07, 6.45) is -0.867. The first-order valence-electron chi connectivity index (χ1n) is 6.30. The normalized spacial score (nSPS) is 11.8. The molecule has 3 N–H and O–H groups in total. The van der Waals surface area contributed by atoms with Crippen LogP contribution in [0.4, 0.5) is 5.69 Å². The van der Waals surface area contributed by atoms with Crippen molar-refractivity contribution in [3.63, 3.8) is 0 Å². The van der Waals surface area contributed by atoms with Crippen LogP contribution in [0.1, 0.15) is 31.1 Å². The van der Waals surface area contributed by atoms with Gasteiger partial charge in [-0.2, -0.15) is 0 Å². The van der Waals surface area contributed by atoms with Crippen LogP contribution in [-0.2, 0) is 9.53 Å². The largest absolute Gasteiger partial charge is 0.495 e. The first-order valence-corrected chi connectivity index (χ1v) is 6.30. The van der Waals surface area contributed by atoms with E-state index in [-0.39, 0.29) is 17.5 Å². The number of carbonyl (C=O) groups excluding carboxylic acids is 2. The lowest BCUT2D eigenvalue weighted by Gasteiger charge is -2.15. The fourth-order valence-corrected chi connectivity index (χ4v) is 1.52. The Kier molecular flexibility index (Phi) is 5.37. The van der Waals surface area contributed by atoms with E-state index in [0.29, 0.717) is 11.4 Å². The maximum Gasteiger partial charge on any atom is 0.339 e. The lowest BCUT2D eigenvalue weighted by Crippen LogP contribution is -2.39. The fraction of sp³-hybridized carbons (Fsp3) is 0.429. The molecule has 0 aliphatic rings. The van der Waals surface area contributed by atoms with Gasteiger partial charge in [0.2, 0.25) is 0 Å². The Labute approximate surface area is 118 Å². The Balaban J connectivity index is 2.73. The van der Waals surface area contributed by atoms with Gasteiger partial charge in [0, 0.05) is 6.04 Å². The van der Waals surface area contributed by atoms with Crippen molar-refractivity contribution in [1.29, 1.82) is 0 Å². The quantitative estimate of drug-likeness (QED) is 0.627. The lowest BCUT2D eigenvalue weighted by molar-refractivity contribution is -0.129. The summed E-state index contributed by atoms with van der Waals surface area (Å²) in [7, 11) is 1.46. The van der Waals surface area contributed by atoms with Crippen LogP contribution in [0.3, 0.4) is 0 Å². The molecular formula is C14H20N2O4. The summed E-state index contributed by atoms with van der Waals surface area (Å²) in [5.74, 6) is -0.552. The highest BCUT2D eigenvalue weighted by molar-refractivity contribution is 5.93. The summed E-state index contributed by atoms with van der Waals surface area (Å²) in [5, 5.41) is 2.67. The van der Waals surface area contributed by atoms with E-state index in [1.54, 1.807) is 6.07 Å². The van der Waals surface area contributed by atoms with E-state index in [4.69, 9.17) is 15.2 Å². The molecule has 1 amide bonds. The topological polar surface area (TPSA) is 90.6 Å². The van der Waals surface area contributed by atoms with Gasteiger partial charge in [-0.25, -0.2) is 4.79 Å². The molecule has 1 rings (SSSR count). The number of benzene rings is 1. The SMILES string of the molecule is COc1cc(C(=O)OC(C)C(=O)NC(C)C)ccc1N. The summed E-state index contributed by atoms with van der Waals surface area (Å²) in [5.41, 5.74) is 6.37. The average Bonchev–Trinajstić information content (AvgIpc) is 2.38. The zero-order chi connectivity index (χ0) is 15.3. The number of ether oxygens (including phenoxy) is 2. The summed E-state index contributed by atoms with van der Waals surface area (Å²) < 4.78 is 10.1. The molecule has 1 aromatic rings. The predicted octanol–water partition coefficient (Wildman–Crippen LogP) is 1.35. The molecule has 0 saturated carbocycles. The van der Waals surface area contributed by atoms with Gasteiger partial charge < -0.3 is 20.5 Å². The van der Waals surface area contributed by atoms with Crippen LogP contribution >= 0.6 is 0 Å². The molecule has 110 valence electrons. The van der Waals surface area contributed by atoms with Gasteiger partial charge in [-0.05, 0) is 39.0 Å². The van der Waals surface area contributed by atoms with Gasteiger partial charge >= 0.3 is 5.97 Å². The van der Waals surface area contributed by atoms with Crippen molar-refractivity contribution in [2.45, 2.75) is 32.9 Å². The van der Waals surface area contributed by atoms with Crippen molar-refractivity contribution >= 4 is 17.6 Å². The fourth-order valence-electron chi connectivity index (χ4n) is 1.52. The molecule has 0 radical (unpaired) electrons. The third-order valence-corrected chi connectivity index (χ3v) is 2.55. The number of anilines is 1. The van der Waals surface area contributed by atoms with Crippen LogP contribution < -0.4 is 15.8 Å². The van der Waals surface area contributed by atoms with Crippen LogP contribution in [0.15, 0.2) is 18.2 Å². The van der Waals surface area contributed by atoms with Gasteiger partial charge in [0.25, 0.3) is 5.91 Å². The van der Waals surface area contributed by atoms with Crippen molar-refractivity contribution in [3.8, 4) is 5.75 Å². The number of nitrogen functional groups attached to an aromatic ring is 1. The maximum absolute atomic E-state index is 11.9. The van der Waals surface area contributed by atoms with E-state index in [0.717, 1.165) is 0 Å². The van der Waals surface area contributed by atoms with Crippen molar-refractivity contribution in [3.05, 3.63) is 23.8 Å². The third-order valence-electron chi connectivity index (χ3n) is 2.55. The van der Waals surface area contributed by atoms with Crippen molar-refractivity contribution < 1.29 is 19.1 Å². The smallest absolute Gasteiger partial charge is 0.339 e. The molecule has 0 aliphatic carbocycles. The zero-order valence-electron chi connectivity index (χ0n) is 12.1. The molecule has 1 unspecified atom stereocenters. The first-order chi connectivity index (χ1) is 9.35. The minimum atomic E-state index is -0.867. The van der Waals surface area contributed by atoms with Gasteiger partial charge in [0.1, 0.15) is 5.75 Å². The summed E-state index contributed by atoms with van der Waals surface area (Å²) in [6, 6.07) is 4.53. The van der Waals surface area contributed by atoms with Gasteiger partial charge in [-0.3, -0.25) is 4.79 Å². The van der Waals surface area contributed by atoms with Crippen molar-refractivity contribution in [1.82, 2.24) is 5.32 Å². The predicted molar refractivity (Wildman–Crippen MR) is 75.6 cm³/mol. The first kappa shape index (κ1) is 15.8. The van der Waals surface area contributed by atoms with E-state index in [1.807, 2.05) is 13.8 Å². The molecule has 0 aliphatic heterocycles. The standard InChI is InChI=1S/C14H20N2O4/c1-8(2)16-13(17)9(3)20-14(18)10-5-6-11(15)12(7-10)19-4/h5-9H,15H2,1-4H3,(H,16,17). The number of nitrogens with two attached hydrogens (primary N) is 1. The molecule has 1 aromatic carbocycles. The molecule has 0 saturated heterocycles. The highest BCUT2D eigenvalue weighted by Crippen LogP contribution is 2.22. The minimum Gasteiger partial charge on any atom is -0.495 e. The molecule has 0 heterocycles. The summed E-state index contributed by atoms with van der Waals surface area (Å²) in [4.78, 5) is 23.6. The Hall–Kier alpha value is -2.24. The number of amides is 1. The van der Waals surface area contributed by atoms with Gasteiger partial charge in [0.15, 0.2) is 6.10 Å². The van der Waals surface area contributed by atoms with E-state index in [2.05, 4.69) is 5.32 Å². The molecule has 0 fully saturated rings. The van der Waals surface area contributed by atoms with Gasteiger partial charge in [-0.15, -0.1) is 0 Å². The number of nitrogens with one attached hydrogen (secondary N) is 1. The summed E-state index contributed by atoms with van der Waals surface area (Å²) >= 11 is 0. The second-order valence-electron chi connectivity index (χ2n) is 4.67. The van der Waals surface area contributed by atoms with E-state index < -0.39 is 12.1 Å². The van der Waals surface area contributed by atoms with Crippen LogP contribution in [0.25, 0.3) is 0 Å². The monoisotopic (exact) mass is 280 g/mol. The molecule has 6 nitrogen and oxygen atoms in total. The molecule has 0 bridgehead atoms. The van der Waals surface area contributed by atoms with Gasteiger partial charge in [-0.1, -0.05) is 0 Å². The number of hydrogen-bond acceptors (Lipinski definition) is 5. The molecule has 1 atom stereocenters. The van der Waals surface area contributed by atoms with Crippen molar-refractivity contribution in [2.24, 2.45) is 0 Å². The maximum atomic E-state index is 11.9. The summed E-state index contributed by atoms with van der Waals surface area (Å²) in [6.45, 7) is 5.18.